The summed E-state index contributed by atoms with van der Waals surface area (Å²) >= 11 is 0. The maximum atomic E-state index is 15.3. The second-order valence-electron chi connectivity index (χ2n) is 9.26. The van der Waals surface area contributed by atoms with Crippen molar-refractivity contribution in [1.29, 1.82) is 0 Å². The highest BCUT2D eigenvalue weighted by atomic mass is 19.1. The molecular formula is C26H28F2N6O2. The van der Waals surface area contributed by atoms with Gasteiger partial charge in [-0.15, -0.1) is 0 Å². The molecule has 0 bridgehead atoms. The predicted molar refractivity (Wildman–Crippen MR) is 134 cm³/mol. The molecule has 1 aromatic rings. The van der Waals surface area contributed by atoms with Gasteiger partial charge in [-0.05, 0) is 56.0 Å². The number of nitrogens with two attached hydrogens (primary N) is 1. The Bertz CT molecular complexity index is 1200. The molecule has 0 spiro atoms. The normalized spacial score (nSPS) is 29.1. The first-order chi connectivity index (χ1) is 17.4. The number of rotatable bonds is 6. The van der Waals surface area contributed by atoms with Crippen LogP contribution in [0.2, 0.25) is 0 Å². The molecule has 1 aromatic carbocycles. The van der Waals surface area contributed by atoms with Crippen LogP contribution in [0.3, 0.4) is 0 Å². The molecule has 3 N–H and O–H groups in total. The van der Waals surface area contributed by atoms with Crippen LogP contribution in [0.15, 0.2) is 69.9 Å². The number of amidine groups is 1. The molecule has 1 amide bonds. The van der Waals surface area contributed by atoms with Crippen molar-refractivity contribution in [1.82, 2.24) is 10.3 Å². The Labute approximate surface area is 208 Å². The summed E-state index contributed by atoms with van der Waals surface area (Å²) in [4.78, 5) is 20.3. The Morgan fingerprint density at radius 1 is 1.28 bits per heavy atom. The van der Waals surface area contributed by atoms with Gasteiger partial charge >= 0.3 is 0 Å². The molecule has 2 heterocycles. The van der Waals surface area contributed by atoms with Crippen molar-refractivity contribution in [2.45, 2.75) is 56.5 Å². The van der Waals surface area contributed by atoms with E-state index >= 15 is 4.39 Å². The fraction of sp³-hybridized carbons (Fsp3) is 0.385. The van der Waals surface area contributed by atoms with Gasteiger partial charge in [0.1, 0.15) is 41.6 Å². The minimum Gasteiger partial charge on any atom is -0.458 e. The highest BCUT2D eigenvalue weighted by Gasteiger charge is 2.45. The Balaban J connectivity index is 1.36. The number of nitrogens with one attached hydrogen (secondary N) is 1. The first kappa shape index (κ1) is 23.9. The number of fused-ring (bicyclic) bond motifs is 1. The van der Waals surface area contributed by atoms with Gasteiger partial charge in [0.25, 0.3) is 0 Å². The summed E-state index contributed by atoms with van der Waals surface area (Å²) in [5, 5.41) is 9.67. The first-order valence-electron chi connectivity index (χ1n) is 12.1. The second-order valence-corrected chi connectivity index (χ2v) is 9.26. The summed E-state index contributed by atoms with van der Waals surface area (Å²) in [5.41, 5.74) is 7.00. The van der Waals surface area contributed by atoms with Crippen LogP contribution >= 0.6 is 0 Å². The van der Waals surface area contributed by atoms with E-state index in [-0.39, 0.29) is 23.7 Å². The second kappa shape index (κ2) is 10.0. The van der Waals surface area contributed by atoms with Crippen molar-refractivity contribution >= 4 is 23.8 Å². The van der Waals surface area contributed by atoms with Crippen molar-refractivity contribution < 1.29 is 18.3 Å². The topological polar surface area (TPSA) is 105 Å². The molecular weight excluding hydrogens is 466 g/mol. The lowest BCUT2D eigenvalue weighted by Gasteiger charge is -2.37. The van der Waals surface area contributed by atoms with Crippen molar-refractivity contribution in [2.24, 2.45) is 26.7 Å². The van der Waals surface area contributed by atoms with Crippen LogP contribution in [0, 0.1) is 11.7 Å². The number of carbonyl (C=O) groups excluding carboxylic acids is 1. The van der Waals surface area contributed by atoms with Crippen LogP contribution in [0.5, 0.6) is 5.75 Å². The van der Waals surface area contributed by atoms with Gasteiger partial charge in [0.2, 0.25) is 5.91 Å². The summed E-state index contributed by atoms with van der Waals surface area (Å²) in [5.74, 6) is -0.258. The van der Waals surface area contributed by atoms with Crippen molar-refractivity contribution in [2.75, 3.05) is 0 Å². The molecule has 0 saturated heterocycles. The third-order valence-electron chi connectivity index (χ3n) is 6.88. The Kier molecular flexibility index (Phi) is 6.67. The number of amides is 1. The van der Waals surface area contributed by atoms with E-state index in [4.69, 9.17) is 15.6 Å². The number of hydrazone groups is 1. The minimum absolute atomic E-state index is 0.0688. The van der Waals surface area contributed by atoms with Crippen LogP contribution in [0.4, 0.5) is 8.78 Å². The van der Waals surface area contributed by atoms with Crippen LogP contribution < -0.4 is 15.8 Å². The fourth-order valence-electron chi connectivity index (χ4n) is 5.09. The number of aliphatic imine (C=N–C) groups is 2. The van der Waals surface area contributed by atoms with E-state index in [0.29, 0.717) is 29.3 Å². The zero-order chi connectivity index (χ0) is 25.2. The van der Waals surface area contributed by atoms with E-state index in [1.165, 1.54) is 24.6 Å². The smallest absolute Gasteiger partial charge is 0.243 e. The number of hydrogen-bond donors (Lipinski definition) is 2. The summed E-state index contributed by atoms with van der Waals surface area (Å²) in [6, 6.07) is 4.64. The molecule has 3 unspecified atom stereocenters. The van der Waals surface area contributed by atoms with Crippen LogP contribution in [-0.2, 0) is 4.79 Å². The monoisotopic (exact) mass is 494 g/mol. The summed E-state index contributed by atoms with van der Waals surface area (Å²) < 4.78 is 34.6. The predicted octanol–water partition coefficient (Wildman–Crippen LogP) is 3.36. The number of halogens is 2. The molecule has 1 fully saturated rings. The molecule has 0 aromatic heterocycles. The quantitative estimate of drug-likeness (QED) is 0.592. The van der Waals surface area contributed by atoms with Crippen molar-refractivity contribution in [3.63, 3.8) is 0 Å². The number of alkyl halides is 1. The molecule has 2 aliphatic heterocycles. The number of carbonyl (C=O) groups is 1. The summed E-state index contributed by atoms with van der Waals surface area (Å²) in [6.45, 7) is 3.50. The van der Waals surface area contributed by atoms with Crippen molar-refractivity contribution in [3.8, 4) is 5.75 Å². The lowest BCUT2D eigenvalue weighted by Crippen LogP contribution is -2.48. The highest BCUT2D eigenvalue weighted by Crippen LogP contribution is 2.36. The van der Waals surface area contributed by atoms with Gasteiger partial charge in [-0.3, -0.25) is 9.80 Å². The molecule has 10 heteroatoms. The average molecular weight is 495 g/mol. The lowest BCUT2D eigenvalue weighted by atomic mass is 9.89. The first-order valence-corrected chi connectivity index (χ1v) is 12.1. The van der Waals surface area contributed by atoms with Crippen LogP contribution in [-0.4, -0.2) is 53.2 Å². The van der Waals surface area contributed by atoms with E-state index in [9.17, 15) is 9.18 Å². The van der Waals surface area contributed by atoms with Gasteiger partial charge in [0, 0.05) is 30.1 Å². The standard InChI is InChI=1S/C26H28F2N6O2/c1-2-22(35)32-16-6-8-17(9-7-16)34-26-23(25(29)30-14-31-26)24(33-34)20-11-10-19(13-21(20)28)36-18-5-3-4-15(27)12-18/h2-3,5,10-17,23,26H,1,4,6-9H2,(H,32,35)(H2,29,30,31). The molecule has 188 valence electrons. The molecule has 8 nitrogen and oxygen atoms in total. The minimum atomic E-state index is -1.12. The number of allylic oxidation sites excluding steroid dienone is 3. The maximum Gasteiger partial charge on any atom is 0.243 e. The van der Waals surface area contributed by atoms with E-state index in [2.05, 4.69) is 21.9 Å². The number of nitrogens with zero attached hydrogens (tertiary/aromatic N) is 4. The largest absolute Gasteiger partial charge is 0.458 e. The number of benzene rings is 1. The van der Waals surface area contributed by atoms with Crippen LogP contribution in [0.1, 0.15) is 37.7 Å². The molecule has 4 aliphatic rings. The van der Waals surface area contributed by atoms with E-state index < -0.39 is 24.1 Å². The molecule has 5 rings (SSSR count). The SMILES string of the molecule is C=CC(=O)NC1CCC(N2N=C(c3ccc(OC4=CC(F)CC=C4)cc3F)C3C(N)=NC=NC32)CC1. The average Bonchev–Trinajstić information content (AvgIpc) is 3.25. The molecule has 2 aliphatic carbocycles. The molecule has 36 heavy (non-hydrogen) atoms. The number of ether oxygens (including phenoxy) is 1. The molecule has 1 saturated carbocycles. The summed E-state index contributed by atoms with van der Waals surface area (Å²) in [6.07, 6.45) is 9.36. The zero-order valence-corrected chi connectivity index (χ0v) is 19.7. The fourth-order valence-corrected chi connectivity index (χ4v) is 5.09. The van der Waals surface area contributed by atoms with E-state index in [1.54, 1.807) is 24.3 Å². The third-order valence-corrected chi connectivity index (χ3v) is 6.88. The van der Waals surface area contributed by atoms with E-state index in [0.717, 1.165) is 25.7 Å². The van der Waals surface area contributed by atoms with Gasteiger partial charge in [-0.25, -0.2) is 18.8 Å². The van der Waals surface area contributed by atoms with E-state index in [1.807, 2.05) is 5.01 Å². The molecule has 0 radical (unpaired) electrons. The summed E-state index contributed by atoms with van der Waals surface area (Å²) in [7, 11) is 0. The number of hydrogen-bond acceptors (Lipinski definition) is 7. The zero-order valence-electron chi connectivity index (χ0n) is 19.7. The van der Waals surface area contributed by atoms with Gasteiger partial charge < -0.3 is 15.8 Å². The van der Waals surface area contributed by atoms with Crippen LogP contribution in [0.25, 0.3) is 0 Å². The maximum absolute atomic E-state index is 15.3. The lowest BCUT2D eigenvalue weighted by molar-refractivity contribution is -0.117. The van der Waals surface area contributed by atoms with Gasteiger partial charge in [0.15, 0.2) is 6.17 Å². The third kappa shape index (κ3) is 4.80. The van der Waals surface area contributed by atoms with Crippen molar-refractivity contribution in [3.05, 3.63) is 66.2 Å². The molecule has 3 atom stereocenters. The Morgan fingerprint density at radius 2 is 2.08 bits per heavy atom. The van der Waals surface area contributed by atoms with Gasteiger partial charge in [-0.2, -0.15) is 5.10 Å². The Hall–Kier alpha value is -3.82. The van der Waals surface area contributed by atoms with Gasteiger partial charge in [-0.1, -0.05) is 12.7 Å². The van der Waals surface area contributed by atoms with Gasteiger partial charge in [0.05, 0.1) is 5.71 Å². The highest BCUT2D eigenvalue weighted by molar-refractivity contribution is 6.17. The Morgan fingerprint density at radius 3 is 2.81 bits per heavy atom.